The Morgan fingerprint density at radius 3 is 3.00 bits per heavy atom. The first kappa shape index (κ1) is 15.0. The van der Waals surface area contributed by atoms with E-state index in [0.717, 1.165) is 12.8 Å². The first-order valence-electron chi connectivity index (χ1n) is 6.67. The molecule has 0 bridgehead atoms. The fourth-order valence-electron chi connectivity index (χ4n) is 2.58. The largest absolute Gasteiger partial charge is 0.481 e. The van der Waals surface area contributed by atoms with Crippen molar-refractivity contribution < 1.29 is 19.6 Å². The fourth-order valence-corrected chi connectivity index (χ4v) is 2.58. The van der Waals surface area contributed by atoms with Gasteiger partial charge in [-0.25, -0.2) is 0 Å². The number of methoxy groups -OCH3 is 1. The molecule has 1 aliphatic heterocycles. The molecule has 2 rings (SSSR count). The highest BCUT2D eigenvalue weighted by molar-refractivity contribution is 5.67. The molecule has 1 aromatic rings. The number of hydrogen-bond donors (Lipinski definition) is 1. The third kappa shape index (κ3) is 3.59. The van der Waals surface area contributed by atoms with Crippen molar-refractivity contribution in [3.63, 3.8) is 0 Å². The van der Waals surface area contributed by atoms with E-state index in [9.17, 15) is 14.9 Å². The Kier molecular flexibility index (Phi) is 4.56. The number of ether oxygens (including phenoxy) is 1. The Hall–Kier alpha value is -2.38. The van der Waals surface area contributed by atoms with Crippen LogP contribution in [0, 0.1) is 16.0 Å². The minimum atomic E-state index is -0.852. The number of aliphatic carboxylic acids is 1. The van der Waals surface area contributed by atoms with Crippen molar-refractivity contribution in [2.75, 3.05) is 25.1 Å². The molecule has 8 nitrogen and oxygen atoms in total. The van der Waals surface area contributed by atoms with Crippen LogP contribution in [-0.2, 0) is 4.79 Å². The summed E-state index contributed by atoms with van der Waals surface area (Å²) in [5.74, 6) is -0.329. The number of piperidine rings is 1. The van der Waals surface area contributed by atoms with E-state index in [-0.39, 0.29) is 23.8 Å². The Balaban J connectivity index is 2.26. The van der Waals surface area contributed by atoms with Crippen molar-refractivity contribution in [1.82, 2.24) is 4.98 Å². The van der Waals surface area contributed by atoms with E-state index in [0.29, 0.717) is 19.0 Å². The number of carboxylic acids is 1. The lowest BCUT2D eigenvalue weighted by Crippen LogP contribution is -2.37. The summed E-state index contributed by atoms with van der Waals surface area (Å²) in [6, 6.07) is 2.81. The molecule has 1 unspecified atom stereocenters. The summed E-state index contributed by atoms with van der Waals surface area (Å²) in [5, 5.41) is 20.0. The van der Waals surface area contributed by atoms with Crippen LogP contribution in [0.3, 0.4) is 0 Å². The number of aromatic nitrogens is 1. The summed E-state index contributed by atoms with van der Waals surface area (Å²) in [4.78, 5) is 27.4. The topological polar surface area (TPSA) is 106 Å². The zero-order valence-electron chi connectivity index (χ0n) is 11.7. The lowest BCUT2D eigenvalue weighted by molar-refractivity contribution is -0.384. The molecule has 21 heavy (non-hydrogen) atoms. The second kappa shape index (κ2) is 6.38. The van der Waals surface area contributed by atoms with Gasteiger partial charge in [0, 0.05) is 31.6 Å². The number of nitrogens with zero attached hydrogens (tertiary/aromatic N) is 3. The van der Waals surface area contributed by atoms with Gasteiger partial charge < -0.3 is 14.7 Å². The molecule has 0 spiro atoms. The molecule has 0 radical (unpaired) electrons. The third-order valence-electron chi connectivity index (χ3n) is 3.52. The summed E-state index contributed by atoms with van der Waals surface area (Å²) < 4.78 is 5.02. The molecule has 0 amide bonds. The average Bonchev–Trinajstić information content (AvgIpc) is 2.46. The van der Waals surface area contributed by atoms with E-state index < -0.39 is 10.9 Å². The van der Waals surface area contributed by atoms with E-state index in [2.05, 4.69) is 4.98 Å². The average molecular weight is 295 g/mol. The summed E-state index contributed by atoms with van der Waals surface area (Å²) in [7, 11) is 1.45. The summed E-state index contributed by atoms with van der Waals surface area (Å²) in [6.45, 7) is 1.07. The molecule has 8 heteroatoms. The van der Waals surface area contributed by atoms with Crippen LogP contribution >= 0.6 is 0 Å². The smallest absolute Gasteiger partial charge is 0.311 e. The standard InChI is InChI=1S/C13H17N3O5/c1-21-11-5-4-10(16(19)20)13(14-11)15-6-2-3-9(8-15)7-12(17)18/h4-5,9H,2-3,6-8H2,1H3,(H,17,18). The van der Waals surface area contributed by atoms with Crippen molar-refractivity contribution >= 4 is 17.5 Å². The van der Waals surface area contributed by atoms with Gasteiger partial charge >= 0.3 is 11.7 Å². The molecule has 0 saturated carbocycles. The molecular weight excluding hydrogens is 278 g/mol. The number of hydrogen-bond acceptors (Lipinski definition) is 6. The van der Waals surface area contributed by atoms with Gasteiger partial charge in [-0.2, -0.15) is 4.98 Å². The zero-order chi connectivity index (χ0) is 15.4. The number of pyridine rings is 1. The maximum atomic E-state index is 11.1. The van der Waals surface area contributed by atoms with Crippen molar-refractivity contribution in [1.29, 1.82) is 0 Å². The molecule has 1 N–H and O–H groups in total. The Bertz CT molecular complexity index is 549. The normalized spacial score (nSPS) is 18.3. The van der Waals surface area contributed by atoms with Crippen molar-refractivity contribution in [2.45, 2.75) is 19.3 Å². The lowest BCUT2D eigenvalue weighted by atomic mass is 9.95. The van der Waals surface area contributed by atoms with Gasteiger partial charge in [0.15, 0.2) is 0 Å². The highest BCUT2D eigenvalue weighted by atomic mass is 16.6. The number of carbonyl (C=O) groups is 1. The van der Waals surface area contributed by atoms with Crippen molar-refractivity contribution in [2.24, 2.45) is 5.92 Å². The maximum Gasteiger partial charge on any atom is 0.311 e. The lowest BCUT2D eigenvalue weighted by Gasteiger charge is -2.32. The Morgan fingerprint density at radius 2 is 2.38 bits per heavy atom. The summed E-state index contributed by atoms with van der Waals surface area (Å²) >= 11 is 0. The van der Waals surface area contributed by atoms with Crippen LogP contribution in [0.25, 0.3) is 0 Å². The second-order valence-electron chi connectivity index (χ2n) is 5.01. The van der Waals surface area contributed by atoms with Gasteiger partial charge in [-0.05, 0) is 18.8 Å². The van der Waals surface area contributed by atoms with Gasteiger partial charge in [0.05, 0.1) is 12.0 Å². The molecule has 1 aromatic heterocycles. The molecule has 1 saturated heterocycles. The van der Waals surface area contributed by atoms with Crippen LogP contribution in [-0.4, -0.2) is 41.2 Å². The highest BCUT2D eigenvalue weighted by Crippen LogP contribution is 2.32. The van der Waals surface area contributed by atoms with Crippen LogP contribution in [0.2, 0.25) is 0 Å². The van der Waals surface area contributed by atoms with E-state index in [1.807, 2.05) is 0 Å². The number of carboxylic acid groups (broad SMARTS) is 1. The van der Waals surface area contributed by atoms with Crippen LogP contribution in [0.4, 0.5) is 11.5 Å². The van der Waals surface area contributed by atoms with Crippen LogP contribution < -0.4 is 9.64 Å². The SMILES string of the molecule is COc1ccc([N+](=O)[O-])c(N2CCCC(CC(=O)O)C2)n1. The predicted molar refractivity (Wildman–Crippen MR) is 74.6 cm³/mol. The van der Waals surface area contributed by atoms with Gasteiger partial charge in [0.2, 0.25) is 11.7 Å². The van der Waals surface area contributed by atoms with Crippen molar-refractivity contribution in [3.8, 4) is 5.88 Å². The number of rotatable bonds is 5. The van der Waals surface area contributed by atoms with Crippen molar-refractivity contribution in [3.05, 3.63) is 22.2 Å². The minimum absolute atomic E-state index is 0.0242. The zero-order valence-corrected chi connectivity index (χ0v) is 11.7. The Labute approximate surface area is 121 Å². The number of nitro groups is 1. The molecule has 2 heterocycles. The fraction of sp³-hybridized carbons (Fsp3) is 0.538. The van der Waals surface area contributed by atoms with Crippen LogP contribution in [0.1, 0.15) is 19.3 Å². The van der Waals surface area contributed by atoms with Gasteiger partial charge in [-0.1, -0.05) is 0 Å². The van der Waals surface area contributed by atoms with Gasteiger partial charge in [0.1, 0.15) is 0 Å². The molecule has 1 atom stereocenters. The van der Waals surface area contributed by atoms with E-state index in [1.54, 1.807) is 4.90 Å². The molecule has 0 aromatic carbocycles. The summed E-state index contributed by atoms with van der Waals surface area (Å²) in [5.41, 5.74) is -0.0909. The first-order chi connectivity index (χ1) is 10.0. The van der Waals surface area contributed by atoms with E-state index in [4.69, 9.17) is 9.84 Å². The summed E-state index contributed by atoms with van der Waals surface area (Å²) in [6.07, 6.45) is 1.66. The monoisotopic (exact) mass is 295 g/mol. The number of anilines is 1. The van der Waals surface area contributed by atoms with Gasteiger partial charge in [-0.3, -0.25) is 14.9 Å². The molecule has 114 valence electrons. The molecule has 0 aliphatic carbocycles. The van der Waals surface area contributed by atoms with Gasteiger partial charge in [0.25, 0.3) is 0 Å². The highest BCUT2D eigenvalue weighted by Gasteiger charge is 2.28. The Morgan fingerprint density at radius 1 is 1.62 bits per heavy atom. The predicted octanol–water partition coefficient (Wildman–Crippen LogP) is 1.69. The van der Waals surface area contributed by atoms with E-state index >= 15 is 0 Å². The first-order valence-corrected chi connectivity index (χ1v) is 6.67. The maximum absolute atomic E-state index is 11.1. The molecule has 1 fully saturated rings. The molecule has 1 aliphatic rings. The quantitative estimate of drug-likeness (QED) is 0.650. The minimum Gasteiger partial charge on any atom is -0.481 e. The van der Waals surface area contributed by atoms with E-state index in [1.165, 1.54) is 19.2 Å². The molecular formula is C13H17N3O5. The van der Waals surface area contributed by atoms with Gasteiger partial charge in [-0.15, -0.1) is 0 Å². The second-order valence-corrected chi connectivity index (χ2v) is 5.01. The van der Waals surface area contributed by atoms with Crippen LogP contribution in [0.5, 0.6) is 5.88 Å². The third-order valence-corrected chi connectivity index (χ3v) is 3.52. The van der Waals surface area contributed by atoms with Crippen LogP contribution in [0.15, 0.2) is 12.1 Å².